The number of hydrogen-bond acceptors (Lipinski definition) is 6. The van der Waals surface area contributed by atoms with Gasteiger partial charge < -0.3 is 9.80 Å². The van der Waals surface area contributed by atoms with Crippen molar-refractivity contribution in [2.75, 3.05) is 36.0 Å². The first-order valence-corrected chi connectivity index (χ1v) is 8.13. The molecule has 0 N–H and O–H groups in total. The number of piperazine rings is 1. The zero-order valence-electron chi connectivity index (χ0n) is 13.6. The minimum absolute atomic E-state index is 0.0639. The lowest BCUT2D eigenvalue weighted by molar-refractivity contribution is 0.646. The predicted molar refractivity (Wildman–Crippen MR) is 93.7 cm³/mol. The van der Waals surface area contributed by atoms with E-state index in [9.17, 15) is 4.79 Å². The van der Waals surface area contributed by atoms with Crippen molar-refractivity contribution in [2.45, 2.75) is 6.54 Å². The topological polar surface area (TPSA) is 82.5 Å². The van der Waals surface area contributed by atoms with Gasteiger partial charge in [0.15, 0.2) is 5.65 Å². The maximum atomic E-state index is 12.1. The average Bonchev–Trinajstić information content (AvgIpc) is 2.98. The van der Waals surface area contributed by atoms with Gasteiger partial charge in [-0.15, -0.1) is 5.10 Å². The summed E-state index contributed by atoms with van der Waals surface area (Å²) in [6.45, 7) is 3.45. The molecule has 3 heterocycles. The molecule has 25 heavy (non-hydrogen) atoms. The number of benzene rings is 1. The molecule has 8 nitrogen and oxygen atoms in total. The number of rotatable bonds is 3. The molecule has 0 bridgehead atoms. The number of fused-ring (bicyclic) bond motifs is 1. The van der Waals surface area contributed by atoms with Gasteiger partial charge in [-0.1, -0.05) is 18.2 Å². The van der Waals surface area contributed by atoms with Gasteiger partial charge in [-0.05, 0) is 12.1 Å². The lowest BCUT2D eigenvalue weighted by atomic mass is 10.2. The fourth-order valence-corrected chi connectivity index (χ4v) is 3.09. The number of nitrogens with zero attached hydrogens (tertiary/aromatic N) is 7. The van der Waals surface area contributed by atoms with Crippen molar-refractivity contribution >= 4 is 17.2 Å². The average molecular weight is 335 g/mol. The molecule has 126 valence electrons. The Morgan fingerprint density at radius 3 is 2.52 bits per heavy atom. The maximum Gasteiger partial charge on any atom is 0.352 e. The van der Waals surface area contributed by atoms with Gasteiger partial charge in [0.2, 0.25) is 0 Å². The van der Waals surface area contributed by atoms with Gasteiger partial charge in [0.25, 0.3) is 0 Å². The first-order chi connectivity index (χ1) is 12.3. The molecule has 0 aliphatic carbocycles. The standard InChI is InChI=1S/C17H17N7O/c18-6-7-24-17(25)23-13-19-15(12-16(23)20-24)22-10-8-21(9-11-22)14-4-2-1-3-5-14/h1-5,12-13H,7-11H2. The third-order valence-corrected chi connectivity index (χ3v) is 4.41. The van der Waals surface area contributed by atoms with E-state index in [0.717, 1.165) is 36.7 Å². The molecule has 1 aliphatic heterocycles. The fourth-order valence-electron chi connectivity index (χ4n) is 3.09. The van der Waals surface area contributed by atoms with Gasteiger partial charge in [-0.25, -0.2) is 14.2 Å². The molecule has 0 saturated carbocycles. The highest BCUT2D eigenvalue weighted by molar-refractivity contribution is 5.53. The van der Waals surface area contributed by atoms with Crippen LogP contribution in [0.4, 0.5) is 11.5 Å². The number of para-hydroxylation sites is 1. The minimum Gasteiger partial charge on any atom is -0.368 e. The lowest BCUT2D eigenvalue weighted by Gasteiger charge is -2.36. The highest BCUT2D eigenvalue weighted by Crippen LogP contribution is 2.19. The Labute approximate surface area is 144 Å². The second-order valence-electron chi connectivity index (χ2n) is 5.88. The summed E-state index contributed by atoms with van der Waals surface area (Å²) in [6, 6.07) is 14.1. The number of aromatic nitrogens is 4. The molecule has 2 aromatic heterocycles. The van der Waals surface area contributed by atoms with E-state index >= 15 is 0 Å². The smallest absolute Gasteiger partial charge is 0.352 e. The summed E-state index contributed by atoms with van der Waals surface area (Å²) in [5.74, 6) is 0.800. The molecule has 8 heteroatoms. The molecule has 1 saturated heterocycles. The van der Waals surface area contributed by atoms with Crippen LogP contribution in [-0.4, -0.2) is 45.3 Å². The molecular weight excluding hydrogens is 318 g/mol. The lowest BCUT2D eigenvalue weighted by Crippen LogP contribution is -2.46. The Morgan fingerprint density at radius 2 is 1.80 bits per heavy atom. The number of nitriles is 1. The Bertz CT molecular complexity index is 978. The summed E-state index contributed by atoms with van der Waals surface area (Å²) in [5.41, 5.74) is 1.40. The molecule has 0 radical (unpaired) electrons. The molecule has 4 rings (SSSR count). The van der Waals surface area contributed by atoms with Crippen LogP contribution in [-0.2, 0) is 6.54 Å². The van der Waals surface area contributed by atoms with Crippen molar-refractivity contribution < 1.29 is 0 Å². The normalized spacial score (nSPS) is 14.7. The van der Waals surface area contributed by atoms with E-state index < -0.39 is 0 Å². The SMILES string of the molecule is N#CCn1nc2cc(N3CCN(c4ccccc4)CC3)ncn2c1=O. The van der Waals surface area contributed by atoms with E-state index in [1.807, 2.05) is 24.3 Å². The Kier molecular flexibility index (Phi) is 3.82. The van der Waals surface area contributed by atoms with Gasteiger partial charge in [0, 0.05) is 37.9 Å². The second-order valence-corrected chi connectivity index (χ2v) is 5.88. The largest absolute Gasteiger partial charge is 0.368 e. The Hall–Kier alpha value is -3.34. The fraction of sp³-hybridized carbons (Fsp3) is 0.294. The monoisotopic (exact) mass is 335 g/mol. The second kappa shape index (κ2) is 6.28. The third-order valence-electron chi connectivity index (χ3n) is 4.41. The Morgan fingerprint density at radius 1 is 1.08 bits per heavy atom. The van der Waals surface area contributed by atoms with Crippen LogP contribution in [0.2, 0.25) is 0 Å². The molecule has 1 aromatic carbocycles. The van der Waals surface area contributed by atoms with Crippen molar-refractivity contribution in [1.29, 1.82) is 5.26 Å². The first-order valence-electron chi connectivity index (χ1n) is 8.13. The first kappa shape index (κ1) is 15.2. The predicted octanol–water partition coefficient (Wildman–Crippen LogP) is 0.741. The van der Waals surface area contributed by atoms with E-state index in [0.29, 0.717) is 5.65 Å². The van der Waals surface area contributed by atoms with Crippen LogP contribution in [0.15, 0.2) is 47.5 Å². The molecular formula is C17H17N7O. The molecule has 1 aliphatic rings. The highest BCUT2D eigenvalue weighted by Gasteiger charge is 2.19. The van der Waals surface area contributed by atoms with Crippen LogP contribution < -0.4 is 15.5 Å². The van der Waals surface area contributed by atoms with Gasteiger partial charge in [-0.2, -0.15) is 9.94 Å². The van der Waals surface area contributed by atoms with Gasteiger partial charge in [0.05, 0.1) is 6.07 Å². The van der Waals surface area contributed by atoms with Crippen molar-refractivity contribution in [3.63, 3.8) is 0 Å². The molecule has 0 atom stereocenters. The summed E-state index contributed by atoms with van der Waals surface area (Å²) < 4.78 is 2.51. The molecule has 0 spiro atoms. The van der Waals surface area contributed by atoms with Crippen molar-refractivity contribution in [3.05, 3.63) is 53.2 Å². The van der Waals surface area contributed by atoms with Crippen LogP contribution >= 0.6 is 0 Å². The quantitative estimate of drug-likeness (QED) is 0.702. The summed E-state index contributed by atoms with van der Waals surface area (Å²) in [5, 5.41) is 12.9. The third kappa shape index (κ3) is 2.80. The van der Waals surface area contributed by atoms with Gasteiger partial charge in [0.1, 0.15) is 18.7 Å². The van der Waals surface area contributed by atoms with E-state index in [1.165, 1.54) is 16.4 Å². The van der Waals surface area contributed by atoms with E-state index in [-0.39, 0.29) is 12.2 Å². The summed E-state index contributed by atoms with van der Waals surface area (Å²) in [7, 11) is 0. The summed E-state index contributed by atoms with van der Waals surface area (Å²) in [4.78, 5) is 21.0. The van der Waals surface area contributed by atoms with Crippen LogP contribution in [0.1, 0.15) is 0 Å². The maximum absolute atomic E-state index is 12.1. The van der Waals surface area contributed by atoms with Crippen LogP contribution in [0.5, 0.6) is 0 Å². The van der Waals surface area contributed by atoms with E-state index in [2.05, 4.69) is 32.0 Å². The van der Waals surface area contributed by atoms with Gasteiger partial charge in [-0.3, -0.25) is 0 Å². The number of hydrogen-bond donors (Lipinski definition) is 0. The summed E-state index contributed by atoms with van der Waals surface area (Å²) in [6.07, 6.45) is 1.48. The van der Waals surface area contributed by atoms with Crippen molar-refractivity contribution in [2.24, 2.45) is 0 Å². The van der Waals surface area contributed by atoms with E-state index in [4.69, 9.17) is 5.26 Å². The van der Waals surface area contributed by atoms with Crippen LogP contribution in [0.3, 0.4) is 0 Å². The molecule has 1 fully saturated rings. The molecule has 0 unspecified atom stereocenters. The minimum atomic E-state index is -0.343. The van der Waals surface area contributed by atoms with Gasteiger partial charge >= 0.3 is 5.69 Å². The zero-order valence-corrected chi connectivity index (χ0v) is 13.6. The van der Waals surface area contributed by atoms with Crippen molar-refractivity contribution in [3.8, 4) is 6.07 Å². The van der Waals surface area contributed by atoms with Crippen molar-refractivity contribution in [1.82, 2.24) is 19.2 Å². The molecule has 3 aromatic rings. The summed E-state index contributed by atoms with van der Waals surface area (Å²) >= 11 is 0. The zero-order chi connectivity index (χ0) is 17.2. The van der Waals surface area contributed by atoms with Crippen LogP contribution in [0, 0.1) is 11.3 Å². The Balaban J connectivity index is 1.53. The molecule has 0 amide bonds. The van der Waals surface area contributed by atoms with Crippen LogP contribution in [0.25, 0.3) is 5.65 Å². The van der Waals surface area contributed by atoms with E-state index in [1.54, 1.807) is 6.07 Å². The highest BCUT2D eigenvalue weighted by atomic mass is 16.2. The number of anilines is 2.